The summed E-state index contributed by atoms with van der Waals surface area (Å²) in [6.07, 6.45) is 3.04. The van der Waals surface area contributed by atoms with Crippen molar-refractivity contribution < 1.29 is 9.47 Å². The topological polar surface area (TPSA) is 55.4 Å². The maximum Gasteiger partial charge on any atom is 0.150 e. The summed E-state index contributed by atoms with van der Waals surface area (Å²) >= 11 is 0. The van der Waals surface area contributed by atoms with Crippen LogP contribution >= 0.6 is 0 Å². The highest BCUT2D eigenvalue weighted by atomic mass is 16.5. The number of benzene rings is 1. The van der Waals surface area contributed by atoms with Gasteiger partial charge < -0.3 is 20.1 Å². The highest BCUT2D eigenvalue weighted by Crippen LogP contribution is 2.31. The summed E-state index contributed by atoms with van der Waals surface area (Å²) in [6.45, 7) is 7.45. The maximum atomic E-state index is 5.62. The minimum Gasteiger partial charge on any atom is -0.381 e. The average molecular weight is 367 g/mol. The molecule has 1 aromatic heterocycles. The van der Waals surface area contributed by atoms with Gasteiger partial charge in [0, 0.05) is 31.4 Å². The minimum atomic E-state index is -0.0784. The zero-order valence-electron chi connectivity index (χ0n) is 16.3. The third-order valence-electron chi connectivity index (χ3n) is 5.46. The number of hydrogen-bond donors (Lipinski definition) is 2. The number of anilines is 2. The number of pyridine rings is 1. The van der Waals surface area contributed by atoms with Gasteiger partial charge in [-0.15, -0.1) is 0 Å². The fourth-order valence-electron chi connectivity index (χ4n) is 3.67. The molecule has 27 heavy (non-hydrogen) atoms. The molecule has 2 N–H and O–H groups in total. The molecule has 0 radical (unpaired) electrons. The van der Waals surface area contributed by atoms with E-state index >= 15 is 0 Å². The molecule has 5 heteroatoms. The second-order valence-corrected chi connectivity index (χ2v) is 7.98. The van der Waals surface area contributed by atoms with Gasteiger partial charge in [-0.1, -0.05) is 29.8 Å². The lowest BCUT2D eigenvalue weighted by Crippen LogP contribution is -2.36. The van der Waals surface area contributed by atoms with E-state index in [1.807, 2.05) is 0 Å². The Morgan fingerprint density at radius 2 is 1.78 bits per heavy atom. The first-order valence-corrected chi connectivity index (χ1v) is 9.90. The van der Waals surface area contributed by atoms with Crippen LogP contribution in [-0.4, -0.2) is 43.0 Å². The van der Waals surface area contributed by atoms with Crippen LogP contribution in [0.5, 0.6) is 0 Å². The number of rotatable bonds is 5. The van der Waals surface area contributed by atoms with Gasteiger partial charge >= 0.3 is 0 Å². The van der Waals surface area contributed by atoms with Crippen molar-refractivity contribution in [3.63, 3.8) is 0 Å². The standard InChI is InChI=1S/C22H29N3O2/c1-16-3-5-17(6-4-16)19-7-8-20(23-18-9-12-26-13-10-18)21(24-19)25-22(2)11-14-27-15-22/h3-8,18,23H,9-15H2,1-2H3,(H,24,25). The van der Waals surface area contributed by atoms with E-state index in [1.54, 1.807) is 0 Å². The largest absolute Gasteiger partial charge is 0.381 e. The molecular weight excluding hydrogens is 338 g/mol. The monoisotopic (exact) mass is 367 g/mol. The van der Waals surface area contributed by atoms with Gasteiger partial charge in [0.05, 0.1) is 23.5 Å². The molecule has 0 spiro atoms. The molecule has 1 aromatic carbocycles. The van der Waals surface area contributed by atoms with Crippen LogP contribution in [-0.2, 0) is 9.47 Å². The Balaban J connectivity index is 1.63. The summed E-state index contributed by atoms with van der Waals surface area (Å²) in [5, 5.41) is 7.35. The number of hydrogen-bond acceptors (Lipinski definition) is 5. The summed E-state index contributed by atoms with van der Waals surface area (Å²) < 4.78 is 11.1. The molecule has 2 aliphatic heterocycles. The van der Waals surface area contributed by atoms with Gasteiger partial charge in [0.25, 0.3) is 0 Å². The van der Waals surface area contributed by atoms with Gasteiger partial charge in [0.15, 0.2) is 5.82 Å². The van der Waals surface area contributed by atoms with Crippen LogP contribution in [0.15, 0.2) is 36.4 Å². The van der Waals surface area contributed by atoms with Crippen LogP contribution < -0.4 is 10.6 Å². The van der Waals surface area contributed by atoms with E-state index in [2.05, 4.69) is 60.9 Å². The molecule has 0 aliphatic carbocycles. The number of nitrogens with zero attached hydrogens (tertiary/aromatic N) is 1. The van der Waals surface area contributed by atoms with Gasteiger partial charge in [0.1, 0.15) is 0 Å². The predicted molar refractivity (Wildman–Crippen MR) is 109 cm³/mol. The first kappa shape index (κ1) is 18.3. The first-order chi connectivity index (χ1) is 13.1. The second kappa shape index (κ2) is 7.87. The van der Waals surface area contributed by atoms with Crippen LogP contribution in [0.2, 0.25) is 0 Å². The highest BCUT2D eigenvalue weighted by Gasteiger charge is 2.31. The van der Waals surface area contributed by atoms with Crippen molar-refractivity contribution in [1.82, 2.24) is 4.98 Å². The molecule has 2 aromatic rings. The Kier molecular flexibility index (Phi) is 5.32. The van der Waals surface area contributed by atoms with E-state index in [1.165, 1.54) is 5.56 Å². The molecular formula is C22H29N3O2. The molecule has 2 fully saturated rings. The van der Waals surface area contributed by atoms with Crippen LogP contribution in [0.1, 0.15) is 31.7 Å². The normalized spacial score (nSPS) is 23.3. The molecule has 0 bridgehead atoms. The van der Waals surface area contributed by atoms with E-state index in [-0.39, 0.29) is 5.54 Å². The van der Waals surface area contributed by atoms with Gasteiger partial charge in [-0.05, 0) is 45.2 Å². The fraction of sp³-hybridized carbons (Fsp3) is 0.500. The van der Waals surface area contributed by atoms with Crippen LogP contribution in [0.3, 0.4) is 0 Å². The summed E-state index contributed by atoms with van der Waals surface area (Å²) in [7, 11) is 0. The Labute approximate surface area is 161 Å². The smallest absolute Gasteiger partial charge is 0.150 e. The molecule has 2 aliphatic rings. The van der Waals surface area contributed by atoms with Crippen molar-refractivity contribution in [2.45, 2.75) is 44.7 Å². The number of aromatic nitrogens is 1. The van der Waals surface area contributed by atoms with Crippen molar-refractivity contribution in [3.8, 4) is 11.3 Å². The molecule has 0 amide bonds. The number of ether oxygens (including phenoxy) is 2. The Hall–Kier alpha value is -2.11. The number of nitrogens with one attached hydrogen (secondary N) is 2. The van der Waals surface area contributed by atoms with E-state index in [9.17, 15) is 0 Å². The second-order valence-electron chi connectivity index (χ2n) is 7.98. The van der Waals surface area contributed by atoms with E-state index in [4.69, 9.17) is 14.5 Å². The summed E-state index contributed by atoms with van der Waals surface area (Å²) in [4.78, 5) is 4.99. The highest BCUT2D eigenvalue weighted by molar-refractivity contribution is 5.72. The predicted octanol–water partition coefficient (Wildman–Crippen LogP) is 4.24. The first-order valence-electron chi connectivity index (χ1n) is 9.90. The van der Waals surface area contributed by atoms with Crippen molar-refractivity contribution in [1.29, 1.82) is 0 Å². The van der Waals surface area contributed by atoms with E-state index < -0.39 is 0 Å². The SMILES string of the molecule is Cc1ccc(-c2ccc(NC3CCOCC3)c(NC3(C)CCOC3)n2)cc1. The van der Waals surface area contributed by atoms with Crippen molar-refractivity contribution in [2.75, 3.05) is 37.1 Å². The molecule has 4 rings (SSSR count). The van der Waals surface area contributed by atoms with Crippen molar-refractivity contribution >= 4 is 11.5 Å². The van der Waals surface area contributed by atoms with E-state index in [0.29, 0.717) is 12.6 Å². The molecule has 0 saturated carbocycles. The quantitative estimate of drug-likeness (QED) is 0.828. The van der Waals surface area contributed by atoms with Gasteiger partial charge in [-0.25, -0.2) is 4.98 Å². The third kappa shape index (κ3) is 4.42. The number of aryl methyl sites for hydroxylation is 1. The molecule has 144 valence electrons. The van der Waals surface area contributed by atoms with Gasteiger partial charge in [0.2, 0.25) is 0 Å². The lowest BCUT2D eigenvalue weighted by Gasteiger charge is -2.29. The zero-order valence-corrected chi connectivity index (χ0v) is 16.3. The lowest BCUT2D eigenvalue weighted by atomic mass is 10.0. The molecule has 3 heterocycles. The minimum absolute atomic E-state index is 0.0784. The Morgan fingerprint density at radius 1 is 1.00 bits per heavy atom. The Bertz CT molecular complexity index is 764. The van der Waals surface area contributed by atoms with Gasteiger partial charge in [-0.2, -0.15) is 0 Å². The zero-order chi connectivity index (χ0) is 18.7. The molecule has 1 atom stereocenters. The van der Waals surface area contributed by atoms with Crippen LogP contribution in [0.25, 0.3) is 11.3 Å². The Morgan fingerprint density at radius 3 is 2.48 bits per heavy atom. The summed E-state index contributed by atoms with van der Waals surface area (Å²) in [5.41, 5.74) is 4.36. The summed E-state index contributed by atoms with van der Waals surface area (Å²) in [5.74, 6) is 0.910. The van der Waals surface area contributed by atoms with Crippen molar-refractivity contribution in [2.24, 2.45) is 0 Å². The fourth-order valence-corrected chi connectivity index (χ4v) is 3.67. The molecule has 2 saturated heterocycles. The van der Waals surface area contributed by atoms with Crippen LogP contribution in [0, 0.1) is 6.92 Å². The average Bonchev–Trinajstić information content (AvgIpc) is 3.11. The summed E-state index contributed by atoms with van der Waals surface area (Å²) in [6, 6.07) is 13.2. The third-order valence-corrected chi connectivity index (χ3v) is 5.46. The van der Waals surface area contributed by atoms with Crippen molar-refractivity contribution in [3.05, 3.63) is 42.0 Å². The molecule has 5 nitrogen and oxygen atoms in total. The van der Waals surface area contributed by atoms with E-state index in [0.717, 1.165) is 61.8 Å². The lowest BCUT2D eigenvalue weighted by molar-refractivity contribution is 0.0904. The van der Waals surface area contributed by atoms with Crippen LogP contribution in [0.4, 0.5) is 11.5 Å². The van der Waals surface area contributed by atoms with Gasteiger partial charge in [-0.3, -0.25) is 0 Å². The molecule has 1 unspecified atom stereocenters. The maximum absolute atomic E-state index is 5.62.